The van der Waals surface area contributed by atoms with Crippen molar-refractivity contribution in [3.63, 3.8) is 0 Å². The summed E-state index contributed by atoms with van der Waals surface area (Å²) in [5.74, 6) is -0.773. The van der Waals surface area contributed by atoms with Crippen LogP contribution in [0.5, 0.6) is 0 Å². The molecule has 0 amide bonds. The summed E-state index contributed by atoms with van der Waals surface area (Å²) in [6.07, 6.45) is 10.4. The number of carbonyl (C=O) groups is 1. The van der Waals surface area contributed by atoms with Crippen LogP contribution in [0.2, 0.25) is 0 Å². The number of hydrogen-bond acceptors (Lipinski definition) is 2. The minimum absolute atomic E-state index is 0.170. The molecule has 0 fully saturated rings. The quantitative estimate of drug-likeness (QED) is 0.446. The molecule has 1 unspecified atom stereocenters. The molecule has 0 aromatic carbocycles. The summed E-state index contributed by atoms with van der Waals surface area (Å²) in [4.78, 5) is 10.2. The standard InChI is InChI=1S/C13H24O3/c1-2-3-4-6-9-12(14)10-7-5-8-11-13(15)16/h5,7,12,14H,2-4,6,8-11H2,1H3,(H,15,16)/b7-5+. The SMILES string of the molecule is CCCCCCC(O)C/C=C/CCC(=O)O. The Morgan fingerprint density at radius 1 is 1.25 bits per heavy atom. The lowest BCUT2D eigenvalue weighted by Crippen LogP contribution is -2.04. The average Bonchev–Trinajstić information content (AvgIpc) is 2.23. The first-order chi connectivity index (χ1) is 7.66. The van der Waals surface area contributed by atoms with Crippen LogP contribution in [0, 0.1) is 0 Å². The van der Waals surface area contributed by atoms with Crippen molar-refractivity contribution in [2.24, 2.45) is 0 Å². The van der Waals surface area contributed by atoms with Gasteiger partial charge in [-0.1, -0.05) is 44.8 Å². The van der Waals surface area contributed by atoms with Gasteiger partial charge in [0.05, 0.1) is 6.10 Å². The second kappa shape index (κ2) is 10.7. The molecule has 0 saturated carbocycles. The molecule has 0 aliphatic carbocycles. The Kier molecular flexibility index (Phi) is 10.1. The van der Waals surface area contributed by atoms with Crippen molar-refractivity contribution in [1.29, 1.82) is 0 Å². The Labute approximate surface area is 98.2 Å². The van der Waals surface area contributed by atoms with Crippen LogP contribution in [0.4, 0.5) is 0 Å². The Morgan fingerprint density at radius 2 is 2.00 bits per heavy atom. The molecular weight excluding hydrogens is 204 g/mol. The predicted octanol–water partition coefficient (Wildman–Crippen LogP) is 3.13. The van der Waals surface area contributed by atoms with E-state index < -0.39 is 5.97 Å². The summed E-state index contributed by atoms with van der Waals surface area (Å²) in [5.41, 5.74) is 0. The number of aliphatic carboxylic acids is 1. The zero-order valence-corrected chi connectivity index (χ0v) is 10.2. The summed E-state index contributed by atoms with van der Waals surface area (Å²) >= 11 is 0. The van der Waals surface area contributed by atoms with Crippen LogP contribution in [-0.2, 0) is 4.79 Å². The molecule has 0 bridgehead atoms. The average molecular weight is 228 g/mol. The van der Waals surface area contributed by atoms with E-state index >= 15 is 0 Å². The number of aliphatic hydroxyl groups excluding tert-OH is 1. The van der Waals surface area contributed by atoms with Crippen LogP contribution in [0.15, 0.2) is 12.2 Å². The fraction of sp³-hybridized carbons (Fsp3) is 0.769. The monoisotopic (exact) mass is 228 g/mol. The van der Waals surface area contributed by atoms with Gasteiger partial charge in [0.2, 0.25) is 0 Å². The lowest BCUT2D eigenvalue weighted by atomic mass is 10.1. The van der Waals surface area contributed by atoms with Gasteiger partial charge in [-0.15, -0.1) is 0 Å². The Morgan fingerprint density at radius 3 is 2.62 bits per heavy atom. The number of carboxylic acid groups (broad SMARTS) is 1. The molecule has 0 radical (unpaired) electrons. The third kappa shape index (κ3) is 11.2. The van der Waals surface area contributed by atoms with Gasteiger partial charge < -0.3 is 10.2 Å². The minimum atomic E-state index is -0.773. The smallest absolute Gasteiger partial charge is 0.303 e. The highest BCUT2D eigenvalue weighted by Gasteiger charge is 2.00. The highest BCUT2D eigenvalue weighted by Crippen LogP contribution is 2.08. The second-order valence-electron chi connectivity index (χ2n) is 4.14. The summed E-state index contributed by atoms with van der Waals surface area (Å²) in [5, 5.41) is 18.0. The predicted molar refractivity (Wildman–Crippen MR) is 65.4 cm³/mol. The number of hydrogen-bond donors (Lipinski definition) is 2. The maximum absolute atomic E-state index is 10.2. The molecule has 0 aliphatic rings. The first kappa shape index (κ1) is 15.2. The number of allylic oxidation sites excluding steroid dienone is 1. The third-order valence-corrected chi connectivity index (χ3v) is 2.49. The Bertz CT molecular complexity index is 199. The Hall–Kier alpha value is -0.830. The maximum atomic E-state index is 10.2. The topological polar surface area (TPSA) is 57.5 Å². The van der Waals surface area contributed by atoms with E-state index in [0.29, 0.717) is 12.8 Å². The molecule has 1 atom stereocenters. The number of aliphatic hydroxyl groups is 1. The fourth-order valence-corrected chi connectivity index (χ4v) is 1.50. The van der Waals surface area contributed by atoms with Gasteiger partial charge in [-0.2, -0.15) is 0 Å². The molecule has 0 aliphatic heterocycles. The van der Waals surface area contributed by atoms with Crippen LogP contribution in [0.1, 0.15) is 58.3 Å². The molecule has 0 rings (SSSR count). The van der Waals surface area contributed by atoms with Gasteiger partial charge in [-0.3, -0.25) is 4.79 Å². The van der Waals surface area contributed by atoms with Crippen molar-refractivity contribution >= 4 is 5.97 Å². The van der Waals surface area contributed by atoms with E-state index in [4.69, 9.17) is 5.11 Å². The minimum Gasteiger partial charge on any atom is -0.481 e. The van der Waals surface area contributed by atoms with Crippen LogP contribution < -0.4 is 0 Å². The summed E-state index contributed by atoms with van der Waals surface area (Å²) in [7, 11) is 0. The summed E-state index contributed by atoms with van der Waals surface area (Å²) < 4.78 is 0. The van der Waals surface area contributed by atoms with Crippen molar-refractivity contribution in [2.45, 2.75) is 64.4 Å². The van der Waals surface area contributed by atoms with Crippen LogP contribution in [-0.4, -0.2) is 22.3 Å². The number of carboxylic acids is 1. The molecule has 3 heteroatoms. The van der Waals surface area contributed by atoms with Gasteiger partial charge in [0.1, 0.15) is 0 Å². The molecule has 3 nitrogen and oxygen atoms in total. The van der Waals surface area contributed by atoms with E-state index in [0.717, 1.165) is 12.8 Å². The van der Waals surface area contributed by atoms with E-state index in [1.165, 1.54) is 19.3 Å². The first-order valence-electron chi connectivity index (χ1n) is 6.21. The second-order valence-corrected chi connectivity index (χ2v) is 4.14. The maximum Gasteiger partial charge on any atom is 0.303 e. The van der Waals surface area contributed by atoms with Crippen molar-refractivity contribution < 1.29 is 15.0 Å². The van der Waals surface area contributed by atoms with E-state index in [1.54, 1.807) is 0 Å². The molecule has 0 saturated heterocycles. The lowest BCUT2D eigenvalue weighted by Gasteiger charge is -2.06. The molecule has 2 N–H and O–H groups in total. The molecular formula is C13H24O3. The first-order valence-corrected chi connectivity index (χ1v) is 6.21. The van der Waals surface area contributed by atoms with Crippen molar-refractivity contribution in [3.05, 3.63) is 12.2 Å². The molecule has 16 heavy (non-hydrogen) atoms. The van der Waals surface area contributed by atoms with E-state index in [-0.39, 0.29) is 12.5 Å². The fourth-order valence-electron chi connectivity index (χ4n) is 1.50. The summed E-state index contributed by atoms with van der Waals surface area (Å²) in [6.45, 7) is 2.17. The number of rotatable bonds is 10. The zero-order chi connectivity index (χ0) is 12.2. The lowest BCUT2D eigenvalue weighted by molar-refractivity contribution is -0.136. The van der Waals surface area contributed by atoms with Gasteiger partial charge in [-0.25, -0.2) is 0 Å². The van der Waals surface area contributed by atoms with E-state index in [1.807, 2.05) is 12.2 Å². The van der Waals surface area contributed by atoms with Gasteiger partial charge in [0, 0.05) is 6.42 Å². The van der Waals surface area contributed by atoms with E-state index in [9.17, 15) is 9.90 Å². The Balaban J connectivity index is 3.34. The number of unbranched alkanes of at least 4 members (excludes halogenated alkanes) is 3. The highest BCUT2D eigenvalue weighted by molar-refractivity contribution is 5.66. The zero-order valence-electron chi connectivity index (χ0n) is 10.2. The van der Waals surface area contributed by atoms with Crippen LogP contribution >= 0.6 is 0 Å². The molecule has 94 valence electrons. The van der Waals surface area contributed by atoms with Crippen LogP contribution in [0.25, 0.3) is 0 Å². The molecule has 0 aromatic heterocycles. The van der Waals surface area contributed by atoms with Crippen molar-refractivity contribution in [3.8, 4) is 0 Å². The van der Waals surface area contributed by atoms with Crippen molar-refractivity contribution in [2.75, 3.05) is 0 Å². The highest BCUT2D eigenvalue weighted by atomic mass is 16.4. The molecule has 0 heterocycles. The molecule has 0 aromatic rings. The third-order valence-electron chi connectivity index (χ3n) is 2.49. The van der Waals surface area contributed by atoms with Gasteiger partial charge >= 0.3 is 5.97 Å². The van der Waals surface area contributed by atoms with Crippen molar-refractivity contribution in [1.82, 2.24) is 0 Å². The van der Waals surface area contributed by atoms with Gasteiger partial charge in [0.25, 0.3) is 0 Å². The largest absolute Gasteiger partial charge is 0.481 e. The van der Waals surface area contributed by atoms with Crippen LogP contribution in [0.3, 0.4) is 0 Å². The summed E-state index contributed by atoms with van der Waals surface area (Å²) in [6, 6.07) is 0. The van der Waals surface area contributed by atoms with Gasteiger partial charge in [-0.05, 0) is 19.3 Å². The van der Waals surface area contributed by atoms with Gasteiger partial charge in [0.15, 0.2) is 0 Å². The van der Waals surface area contributed by atoms with E-state index in [2.05, 4.69) is 6.92 Å². The normalized spacial score (nSPS) is 13.1. The molecule has 0 spiro atoms.